The van der Waals surface area contributed by atoms with Gasteiger partial charge >= 0.3 is 0 Å². The summed E-state index contributed by atoms with van der Waals surface area (Å²) in [7, 11) is -1.71. The number of H-pyrrole nitrogens is 1. The summed E-state index contributed by atoms with van der Waals surface area (Å²) in [5, 5.41) is 5.13. The molecule has 5 nitrogen and oxygen atoms in total. The van der Waals surface area contributed by atoms with Crippen LogP contribution in [0.3, 0.4) is 0 Å². The molecule has 1 atom stereocenters. The average molecular weight is 409 g/mol. The minimum absolute atomic E-state index is 0.258. The molecule has 0 amide bonds. The molecule has 0 bridgehead atoms. The number of anilines is 1. The van der Waals surface area contributed by atoms with Gasteiger partial charge in [0.15, 0.2) is 8.32 Å². The Kier molecular flexibility index (Phi) is 5.90. The van der Waals surface area contributed by atoms with Crippen molar-refractivity contribution in [1.29, 1.82) is 0 Å². The Morgan fingerprint density at radius 1 is 1.22 bits per heavy atom. The molecule has 1 aliphatic rings. The van der Waals surface area contributed by atoms with Crippen LogP contribution in [0.25, 0.3) is 11.0 Å². The van der Waals surface area contributed by atoms with Crippen molar-refractivity contribution in [1.82, 2.24) is 15.0 Å². The Morgan fingerprint density at radius 2 is 1.89 bits per heavy atom. The lowest BCUT2D eigenvalue weighted by Crippen LogP contribution is -2.45. The van der Waals surface area contributed by atoms with Gasteiger partial charge in [-0.1, -0.05) is 20.8 Å². The molecule has 1 aliphatic carbocycles. The number of hydrogen-bond acceptors (Lipinski definition) is 4. The zero-order valence-electron chi connectivity index (χ0n) is 17.4. The van der Waals surface area contributed by atoms with Crippen LogP contribution in [0.1, 0.15) is 53.4 Å². The van der Waals surface area contributed by atoms with Crippen LogP contribution in [0.15, 0.2) is 12.3 Å². The Balaban J connectivity index is 1.58. The van der Waals surface area contributed by atoms with Crippen LogP contribution >= 0.6 is 11.6 Å². The number of rotatable bonds is 5. The fraction of sp³-hybridized carbons (Fsp3) is 0.700. The highest BCUT2D eigenvalue weighted by Crippen LogP contribution is 2.40. The lowest BCUT2D eigenvalue weighted by molar-refractivity contribution is 0.107. The summed E-state index contributed by atoms with van der Waals surface area (Å²) in [6.45, 7) is 13.9. The zero-order chi connectivity index (χ0) is 19.8. The molecule has 3 rings (SSSR count). The molecule has 27 heavy (non-hydrogen) atoms. The van der Waals surface area contributed by atoms with Crippen molar-refractivity contribution >= 4 is 36.8 Å². The van der Waals surface area contributed by atoms with Gasteiger partial charge in [-0.2, -0.15) is 4.98 Å². The second-order valence-corrected chi connectivity index (χ2v) is 14.5. The number of halogens is 1. The molecule has 1 saturated carbocycles. The topological polar surface area (TPSA) is 62.8 Å². The Labute approximate surface area is 168 Å². The zero-order valence-corrected chi connectivity index (χ0v) is 19.2. The van der Waals surface area contributed by atoms with Gasteiger partial charge in [0.05, 0.1) is 5.39 Å². The van der Waals surface area contributed by atoms with Crippen LogP contribution < -0.4 is 5.32 Å². The fourth-order valence-corrected chi connectivity index (χ4v) is 5.33. The van der Waals surface area contributed by atoms with Crippen LogP contribution in [-0.2, 0) is 4.43 Å². The van der Waals surface area contributed by atoms with Crippen molar-refractivity contribution in [3.63, 3.8) is 0 Å². The monoisotopic (exact) mass is 408 g/mol. The van der Waals surface area contributed by atoms with Crippen molar-refractivity contribution in [3.05, 3.63) is 17.5 Å². The third-order valence-corrected chi connectivity index (χ3v) is 11.2. The van der Waals surface area contributed by atoms with Crippen molar-refractivity contribution in [2.45, 2.75) is 83.7 Å². The predicted octanol–water partition coefficient (Wildman–Crippen LogP) is 5.99. The third kappa shape index (κ3) is 4.66. The maximum Gasteiger partial charge on any atom is 0.226 e. The van der Waals surface area contributed by atoms with Crippen molar-refractivity contribution in [2.75, 3.05) is 5.32 Å². The smallest absolute Gasteiger partial charge is 0.226 e. The highest BCUT2D eigenvalue weighted by Gasteiger charge is 2.40. The second kappa shape index (κ2) is 7.72. The number of aromatic nitrogens is 3. The molecule has 0 saturated heterocycles. The van der Waals surface area contributed by atoms with E-state index in [1.165, 1.54) is 12.8 Å². The molecule has 0 aliphatic heterocycles. The lowest BCUT2D eigenvalue weighted by atomic mass is 9.83. The first-order chi connectivity index (χ1) is 12.6. The number of nitrogens with one attached hydrogen (secondary N) is 2. The van der Waals surface area contributed by atoms with Gasteiger partial charge in [0.2, 0.25) is 5.28 Å². The number of fused-ring (bicyclic) bond motifs is 1. The van der Waals surface area contributed by atoms with Gasteiger partial charge in [-0.25, -0.2) is 4.98 Å². The van der Waals surface area contributed by atoms with E-state index in [1.807, 2.05) is 12.3 Å². The summed E-state index contributed by atoms with van der Waals surface area (Å²) in [6.07, 6.45) is 6.83. The maximum atomic E-state index is 6.63. The predicted molar refractivity (Wildman–Crippen MR) is 116 cm³/mol. The van der Waals surface area contributed by atoms with Gasteiger partial charge in [-0.15, -0.1) is 0 Å². The molecule has 0 radical (unpaired) electrons. The van der Waals surface area contributed by atoms with Crippen molar-refractivity contribution in [3.8, 4) is 0 Å². The van der Waals surface area contributed by atoms with Crippen molar-refractivity contribution < 1.29 is 4.43 Å². The van der Waals surface area contributed by atoms with E-state index in [0.29, 0.717) is 18.1 Å². The standard InChI is InChI=1S/C20H33ClN4OSi/c1-13(26-27(5,6)20(2,3)4)14-7-9-15(10-8-14)23-18-16-11-12-22-17(16)24-19(21)25-18/h11-15H,7-10H2,1-6H3,(H2,22,23,24,25)/t13-,14?,15?/m1/s1. The summed E-state index contributed by atoms with van der Waals surface area (Å²) < 4.78 is 6.63. The van der Waals surface area contributed by atoms with Crippen LogP contribution in [0.5, 0.6) is 0 Å². The molecule has 7 heteroatoms. The van der Waals surface area contributed by atoms with Crippen LogP contribution in [0, 0.1) is 5.92 Å². The number of nitrogens with zero attached hydrogens (tertiary/aromatic N) is 2. The molecule has 0 unspecified atom stereocenters. The maximum absolute atomic E-state index is 6.63. The molecule has 0 spiro atoms. The molecular weight excluding hydrogens is 376 g/mol. The van der Waals surface area contributed by atoms with Crippen LogP contribution in [0.4, 0.5) is 5.82 Å². The summed E-state index contributed by atoms with van der Waals surface area (Å²) in [5.74, 6) is 1.47. The minimum atomic E-state index is -1.71. The van der Waals surface area contributed by atoms with Gasteiger partial charge in [-0.3, -0.25) is 0 Å². The molecule has 0 aromatic carbocycles. The summed E-state index contributed by atoms with van der Waals surface area (Å²) in [6, 6.07) is 2.42. The number of aromatic amines is 1. The molecule has 2 N–H and O–H groups in total. The quantitative estimate of drug-likeness (QED) is 0.470. The highest BCUT2D eigenvalue weighted by molar-refractivity contribution is 6.74. The molecule has 1 fully saturated rings. The van der Waals surface area contributed by atoms with E-state index in [4.69, 9.17) is 16.0 Å². The van der Waals surface area contributed by atoms with E-state index in [1.54, 1.807) is 0 Å². The molecule has 2 aromatic rings. The first-order valence-corrected chi connectivity index (χ1v) is 13.3. The van der Waals surface area contributed by atoms with Crippen LogP contribution in [-0.4, -0.2) is 35.4 Å². The van der Waals surface area contributed by atoms with E-state index in [-0.39, 0.29) is 10.3 Å². The SMILES string of the molecule is C[C@@H](O[Si](C)(C)C(C)(C)C)C1CCC(Nc2nc(Cl)nc3[nH]ccc23)CC1. The second-order valence-electron chi connectivity index (χ2n) is 9.42. The Hall–Kier alpha value is -1.11. The largest absolute Gasteiger partial charge is 0.414 e. The van der Waals surface area contributed by atoms with E-state index >= 15 is 0 Å². The van der Waals surface area contributed by atoms with E-state index < -0.39 is 8.32 Å². The Bertz CT molecular complexity index is 778. The van der Waals surface area contributed by atoms with E-state index in [0.717, 1.165) is 29.7 Å². The normalized spacial score (nSPS) is 22.8. The van der Waals surface area contributed by atoms with Gasteiger partial charge in [0.1, 0.15) is 11.5 Å². The van der Waals surface area contributed by atoms with Crippen LogP contribution in [0.2, 0.25) is 23.4 Å². The van der Waals surface area contributed by atoms with Gasteiger partial charge in [0, 0.05) is 18.3 Å². The lowest BCUT2D eigenvalue weighted by Gasteiger charge is -2.42. The molecule has 2 heterocycles. The fourth-order valence-electron chi connectivity index (χ4n) is 3.69. The summed E-state index contributed by atoms with van der Waals surface area (Å²) in [4.78, 5) is 11.7. The van der Waals surface area contributed by atoms with Gasteiger partial charge in [-0.05, 0) is 74.3 Å². The highest BCUT2D eigenvalue weighted by atomic mass is 35.5. The minimum Gasteiger partial charge on any atom is -0.414 e. The average Bonchev–Trinajstić information content (AvgIpc) is 3.02. The van der Waals surface area contributed by atoms with Gasteiger partial charge in [0.25, 0.3) is 0 Å². The van der Waals surface area contributed by atoms with Crippen molar-refractivity contribution in [2.24, 2.45) is 5.92 Å². The Morgan fingerprint density at radius 3 is 2.52 bits per heavy atom. The molecular formula is C20H33ClN4OSi. The van der Waals surface area contributed by atoms with E-state index in [9.17, 15) is 0 Å². The summed E-state index contributed by atoms with van der Waals surface area (Å²) >= 11 is 6.07. The number of hydrogen-bond donors (Lipinski definition) is 2. The first-order valence-electron chi connectivity index (χ1n) is 10.0. The third-order valence-electron chi connectivity index (χ3n) is 6.45. The molecule has 2 aromatic heterocycles. The van der Waals surface area contributed by atoms with E-state index in [2.05, 4.69) is 61.1 Å². The first kappa shape index (κ1) is 20.6. The molecule has 150 valence electrons. The summed E-state index contributed by atoms with van der Waals surface area (Å²) in [5.41, 5.74) is 0.780. The van der Waals surface area contributed by atoms with Gasteiger partial charge < -0.3 is 14.7 Å².